The summed E-state index contributed by atoms with van der Waals surface area (Å²) in [6, 6.07) is 0. The smallest absolute Gasteiger partial charge is 0.278 e. The minimum Gasteiger partial charge on any atom is -0.367 e. The second kappa shape index (κ2) is 5.70. The second-order valence-electron chi connectivity index (χ2n) is 4.86. The van der Waals surface area contributed by atoms with E-state index in [1.807, 2.05) is 17.8 Å². The van der Waals surface area contributed by atoms with Crippen molar-refractivity contribution in [2.45, 2.75) is 12.6 Å². The third-order valence-electron chi connectivity index (χ3n) is 3.24. The molecule has 0 radical (unpaired) electrons. The van der Waals surface area contributed by atoms with Gasteiger partial charge in [0.25, 0.3) is 5.89 Å². The average molecular weight is 278 g/mol. The summed E-state index contributed by atoms with van der Waals surface area (Å²) in [5.74, 6) is 0.979. The van der Waals surface area contributed by atoms with Gasteiger partial charge in [0, 0.05) is 32.4 Å². The quantitative estimate of drug-likeness (QED) is 0.834. The lowest BCUT2D eigenvalue weighted by atomic mass is 10.3. The molecule has 8 heteroatoms. The maximum absolute atomic E-state index is 5.66. The predicted octanol–water partition coefficient (Wildman–Crippen LogP) is -0.105. The fourth-order valence-electron chi connectivity index (χ4n) is 2.15. The van der Waals surface area contributed by atoms with Crippen molar-refractivity contribution in [1.82, 2.24) is 24.6 Å². The second-order valence-corrected chi connectivity index (χ2v) is 4.86. The van der Waals surface area contributed by atoms with Crippen molar-refractivity contribution >= 4 is 0 Å². The Morgan fingerprint density at radius 3 is 3.20 bits per heavy atom. The molecule has 1 aliphatic heterocycles. The Bertz CT molecular complexity index is 566. The monoisotopic (exact) mass is 278 g/mol. The molecule has 8 nitrogen and oxygen atoms in total. The number of imidazole rings is 1. The van der Waals surface area contributed by atoms with E-state index in [9.17, 15) is 0 Å². The number of hydrogen-bond acceptors (Lipinski definition) is 7. The predicted molar refractivity (Wildman–Crippen MR) is 70.8 cm³/mol. The number of nitrogens with zero attached hydrogens (tertiary/aromatic N) is 5. The van der Waals surface area contributed by atoms with Crippen LogP contribution < -0.4 is 5.73 Å². The van der Waals surface area contributed by atoms with Crippen molar-refractivity contribution in [3.05, 3.63) is 18.3 Å². The van der Waals surface area contributed by atoms with E-state index in [2.05, 4.69) is 20.0 Å². The minimum absolute atomic E-state index is 0.141. The molecule has 2 N–H and O–H groups in total. The first-order chi connectivity index (χ1) is 9.76. The molecule has 20 heavy (non-hydrogen) atoms. The summed E-state index contributed by atoms with van der Waals surface area (Å²) in [7, 11) is 2.05. The molecule has 3 rings (SSSR count). The van der Waals surface area contributed by atoms with Gasteiger partial charge in [0.05, 0.1) is 12.9 Å². The van der Waals surface area contributed by atoms with Crippen LogP contribution in [0.5, 0.6) is 0 Å². The molecule has 108 valence electrons. The zero-order valence-corrected chi connectivity index (χ0v) is 11.4. The zero-order valence-electron chi connectivity index (χ0n) is 11.4. The number of likely N-dealkylation sites (N-methyl/N-ethyl adjacent to an activating group) is 1. The number of hydrogen-bond donors (Lipinski definition) is 1. The van der Waals surface area contributed by atoms with Gasteiger partial charge in [-0.25, -0.2) is 4.98 Å². The van der Waals surface area contributed by atoms with Gasteiger partial charge in [-0.1, -0.05) is 5.16 Å². The summed E-state index contributed by atoms with van der Waals surface area (Å²) in [4.78, 5) is 10.8. The van der Waals surface area contributed by atoms with Gasteiger partial charge in [-0.3, -0.25) is 0 Å². The summed E-state index contributed by atoms with van der Waals surface area (Å²) in [6.07, 6.45) is 3.41. The standard InChI is InChI=1S/C12H18N6O2/c1-17-4-5-19-10(7-17)11-15-12(20-16-11)9-6-18(3-2-13)8-14-9/h6,8,10H,2-5,7,13H2,1H3. The lowest BCUT2D eigenvalue weighted by Gasteiger charge is -2.27. The summed E-state index contributed by atoms with van der Waals surface area (Å²) < 4.78 is 12.8. The Kier molecular flexibility index (Phi) is 3.77. The van der Waals surface area contributed by atoms with Crippen LogP contribution in [-0.4, -0.2) is 57.9 Å². The maximum Gasteiger partial charge on any atom is 0.278 e. The van der Waals surface area contributed by atoms with Crippen molar-refractivity contribution < 1.29 is 9.26 Å². The molecule has 3 heterocycles. The van der Waals surface area contributed by atoms with Gasteiger partial charge < -0.3 is 24.5 Å². The van der Waals surface area contributed by atoms with E-state index in [0.29, 0.717) is 37.1 Å². The molecule has 0 aliphatic carbocycles. The van der Waals surface area contributed by atoms with Gasteiger partial charge in [-0.05, 0) is 7.05 Å². The molecule has 1 saturated heterocycles. The zero-order chi connectivity index (χ0) is 13.9. The van der Waals surface area contributed by atoms with Gasteiger partial charge >= 0.3 is 0 Å². The number of aromatic nitrogens is 4. The van der Waals surface area contributed by atoms with Crippen LogP contribution in [0.1, 0.15) is 11.9 Å². The highest BCUT2D eigenvalue weighted by Gasteiger charge is 2.25. The molecule has 1 aliphatic rings. The Morgan fingerprint density at radius 2 is 2.40 bits per heavy atom. The molecule has 2 aromatic heterocycles. The maximum atomic E-state index is 5.66. The Hall–Kier alpha value is -1.77. The fraction of sp³-hybridized carbons (Fsp3) is 0.583. The highest BCUT2D eigenvalue weighted by atomic mass is 16.5. The lowest BCUT2D eigenvalue weighted by Crippen LogP contribution is -2.35. The van der Waals surface area contributed by atoms with E-state index in [0.717, 1.165) is 13.1 Å². The molecule has 0 saturated carbocycles. The average Bonchev–Trinajstić information content (AvgIpc) is 3.07. The summed E-state index contributed by atoms with van der Waals surface area (Å²) in [5, 5.41) is 3.99. The van der Waals surface area contributed by atoms with Crippen molar-refractivity contribution in [2.24, 2.45) is 5.73 Å². The molecular weight excluding hydrogens is 260 g/mol. The minimum atomic E-state index is -0.141. The van der Waals surface area contributed by atoms with E-state index in [1.165, 1.54) is 0 Å². The summed E-state index contributed by atoms with van der Waals surface area (Å²) in [6.45, 7) is 3.64. The molecule has 2 aromatic rings. The third-order valence-corrected chi connectivity index (χ3v) is 3.24. The highest BCUT2D eigenvalue weighted by molar-refractivity contribution is 5.44. The van der Waals surface area contributed by atoms with Gasteiger partial charge in [0.1, 0.15) is 11.8 Å². The topological polar surface area (TPSA) is 95.2 Å². The van der Waals surface area contributed by atoms with Crippen LogP contribution in [0.15, 0.2) is 17.0 Å². The van der Waals surface area contributed by atoms with Crippen molar-refractivity contribution in [1.29, 1.82) is 0 Å². The molecule has 0 aromatic carbocycles. The van der Waals surface area contributed by atoms with Crippen LogP contribution >= 0.6 is 0 Å². The molecule has 0 spiro atoms. The molecule has 0 bridgehead atoms. The first-order valence-electron chi connectivity index (χ1n) is 6.62. The molecule has 1 unspecified atom stereocenters. The van der Waals surface area contributed by atoms with E-state index in [-0.39, 0.29) is 6.10 Å². The number of nitrogens with two attached hydrogens (primary N) is 1. The Morgan fingerprint density at radius 1 is 1.50 bits per heavy atom. The van der Waals surface area contributed by atoms with E-state index in [1.54, 1.807) is 6.33 Å². The van der Waals surface area contributed by atoms with Crippen LogP contribution in [0.4, 0.5) is 0 Å². The summed E-state index contributed by atoms with van der Waals surface area (Å²) >= 11 is 0. The fourth-order valence-corrected chi connectivity index (χ4v) is 2.15. The molecule has 1 fully saturated rings. The van der Waals surface area contributed by atoms with Crippen molar-refractivity contribution in [2.75, 3.05) is 33.3 Å². The van der Waals surface area contributed by atoms with Crippen LogP contribution in [-0.2, 0) is 11.3 Å². The SMILES string of the molecule is CN1CCOC(c2noc(-c3cn(CCN)cn3)n2)C1. The van der Waals surface area contributed by atoms with Crippen LogP contribution in [0.3, 0.4) is 0 Å². The first-order valence-corrected chi connectivity index (χ1v) is 6.62. The number of ether oxygens (including phenoxy) is 1. The molecule has 0 amide bonds. The van der Waals surface area contributed by atoms with Gasteiger partial charge in [-0.15, -0.1) is 0 Å². The van der Waals surface area contributed by atoms with E-state index in [4.69, 9.17) is 15.0 Å². The number of morpholine rings is 1. The largest absolute Gasteiger partial charge is 0.367 e. The van der Waals surface area contributed by atoms with E-state index < -0.39 is 0 Å². The Labute approximate surface area is 116 Å². The van der Waals surface area contributed by atoms with Crippen molar-refractivity contribution in [3.8, 4) is 11.6 Å². The normalized spacial score (nSPS) is 20.4. The van der Waals surface area contributed by atoms with Crippen LogP contribution in [0, 0.1) is 0 Å². The summed E-state index contributed by atoms with van der Waals surface area (Å²) in [5.41, 5.74) is 6.16. The third kappa shape index (κ3) is 2.72. The Balaban J connectivity index is 1.75. The van der Waals surface area contributed by atoms with Gasteiger partial charge in [0.2, 0.25) is 5.82 Å². The van der Waals surface area contributed by atoms with Crippen LogP contribution in [0.2, 0.25) is 0 Å². The van der Waals surface area contributed by atoms with Crippen molar-refractivity contribution in [3.63, 3.8) is 0 Å². The van der Waals surface area contributed by atoms with Gasteiger partial charge in [0.15, 0.2) is 0 Å². The molecular formula is C12H18N6O2. The van der Waals surface area contributed by atoms with Crippen LogP contribution in [0.25, 0.3) is 11.6 Å². The van der Waals surface area contributed by atoms with Gasteiger partial charge in [-0.2, -0.15) is 4.98 Å². The number of rotatable bonds is 4. The van der Waals surface area contributed by atoms with E-state index >= 15 is 0 Å². The molecule has 1 atom stereocenters. The lowest BCUT2D eigenvalue weighted by molar-refractivity contribution is -0.0264. The highest BCUT2D eigenvalue weighted by Crippen LogP contribution is 2.22. The first kappa shape index (κ1) is 13.2.